The molecule has 0 radical (unpaired) electrons. The molecule has 0 aliphatic heterocycles. The van der Waals surface area contributed by atoms with E-state index in [1.54, 1.807) is 0 Å². The first-order valence-electron chi connectivity index (χ1n) is 8.30. The highest BCUT2D eigenvalue weighted by Gasteiger charge is 2.35. The van der Waals surface area contributed by atoms with Crippen LogP contribution in [0.2, 0.25) is 0 Å². The van der Waals surface area contributed by atoms with Gasteiger partial charge in [-0.2, -0.15) is 0 Å². The highest BCUT2D eigenvalue weighted by molar-refractivity contribution is 5.87. The molecule has 1 N–H and O–H groups in total. The summed E-state index contributed by atoms with van der Waals surface area (Å²) in [6.45, 7) is 9.55. The monoisotopic (exact) mass is 295 g/mol. The maximum absolute atomic E-state index is 7.25. The minimum atomic E-state index is 0.613. The van der Waals surface area contributed by atoms with Gasteiger partial charge in [-0.1, -0.05) is 19.4 Å². The van der Waals surface area contributed by atoms with Gasteiger partial charge in [-0.15, -0.1) is 0 Å². The van der Waals surface area contributed by atoms with Crippen molar-refractivity contribution in [2.75, 3.05) is 14.1 Å². The summed E-state index contributed by atoms with van der Waals surface area (Å²) in [6.07, 6.45) is 7.28. The number of rotatable bonds is 4. The molecular weight excluding hydrogens is 270 g/mol. The Bertz CT molecular complexity index is 692. The van der Waals surface area contributed by atoms with Crippen LogP contribution in [-0.2, 0) is 0 Å². The molecule has 2 aromatic rings. The lowest BCUT2D eigenvalue weighted by atomic mass is 9.82. The van der Waals surface area contributed by atoms with Crippen LogP contribution in [0.1, 0.15) is 44.1 Å². The van der Waals surface area contributed by atoms with E-state index in [0.29, 0.717) is 12.0 Å². The lowest BCUT2D eigenvalue weighted by Crippen LogP contribution is -2.35. The van der Waals surface area contributed by atoms with Crippen LogP contribution >= 0.6 is 0 Å². The van der Waals surface area contributed by atoms with Crippen molar-refractivity contribution in [1.29, 1.82) is 0 Å². The zero-order valence-electron chi connectivity index (χ0n) is 13.8. The molecule has 116 valence electrons. The standard InChI is InChI=1S/C19H25N3/c1-5-19(22(3)4)15-8-6-7-14(15)17-12-21-18-10-9-13(20-2)11-16(17)18/h9-12,14-15,19,21H,5-8H2,1,3-4H3/t14-,15-,19?/m0/s1. The molecule has 1 unspecified atom stereocenters. The van der Waals surface area contributed by atoms with Gasteiger partial charge in [0.2, 0.25) is 0 Å². The molecule has 22 heavy (non-hydrogen) atoms. The molecule has 3 nitrogen and oxygen atoms in total. The second-order valence-corrected chi connectivity index (χ2v) is 6.73. The van der Waals surface area contributed by atoms with Crippen molar-refractivity contribution in [3.8, 4) is 0 Å². The summed E-state index contributed by atoms with van der Waals surface area (Å²) in [4.78, 5) is 9.39. The number of benzene rings is 1. The number of aromatic amines is 1. The predicted octanol–water partition coefficient (Wildman–Crippen LogP) is 4.94. The third kappa shape index (κ3) is 2.53. The van der Waals surface area contributed by atoms with Gasteiger partial charge in [0, 0.05) is 17.8 Å². The largest absolute Gasteiger partial charge is 0.361 e. The third-order valence-corrected chi connectivity index (χ3v) is 5.37. The fourth-order valence-corrected chi connectivity index (χ4v) is 4.39. The predicted molar refractivity (Wildman–Crippen MR) is 92.4 cm³/mol. The normalized spacial score (nSPS) is 23.0. The summed E-state index contributed by atoms with van der Waals surface area (Å²) in [5, 5.41) is 1.25. The molecule has 3 rings (SSSR count). The number of fused-ring (bicyclic) bond motifs is 1. The van der Waals surface area contributed by atoms with Gasteiger partial charge in [0.15, 0.2) is 5.69 Å². The van der Waals surface area contributed by atoms with Crippen LogP contribution in [0.4, 0.5) is 5.69 Å². The maximum atomic E-state index is 7.25. The zero-order chi connectivity index (χ0) is 15.7. The minimum Gasteiger partial charge on any atom is -0.361 e. The summed E-state index contributed by atoms with van der Waals surface area (Å²) in [5.74, 6) is 1.33. The van der Waals surface area contributed by atoms with Crippen LogP contribution in [0.15, 0.2) is 24.4 Å². The number of nitrogens with one attached hydrogen (secondary N) is 1. The number of hydrogen-bond acceptors (Lipinski definition) is 1. The van der Waals surface area contributed by atoms with E-state index in [2.05, 4.69) is 48.0 Å². The first-order chi connectivity index (χ1) is 10.7. The first kappa shape index (κ1) is 15.1. The van der Waals surface area contributed by atoms with E-state index < -0.39 is 0 Å². The fraction of sp³-hybridized carbons (Fsp3) is 0.526. The smallest absolute Gasteiger partial charge is 0.187 e. The highest BCUT2D eigenvalue weighted by Crippen LogP contribution is 2.45. The molecule has 1 aliphatic carbocycles. The maximum Gasteiger partial charge on any atom is 0.187 e. The van der Waals surface area contributed by atoms with Gasteiger partial charge < -0.3 is 9.88 Å². The average molecular weight is 295 g/mol. The van der Waals surface area contributed by atoms with E-state index in [0.717, 1.165) is 17.1 Å². The van der Waals surface area contributed by atoms with Crippen molar-refractivity contribution < 1.29 is 0 Å². The van der Waals surface area contributed by atoms with Crippen LogP contribution in [-0.4, -0.2) is 30.0 Å². The summed E-state index contributed by atoms with van der Waals surface area (Å²) >= 11 is 0. The molecule has 0 amide bonds. The van der Waals surface area contributed by atoms with Gasteiger partial charge >= 0.3 is 0 Å². The topological polar surface area (TPSA) is 23.4 Å². The molecule has 0 spiro atoms. The zero-order valence-corrected chi connectivity index (χ0v) is 13.8. The minimum absolute atomic E-state index is 0.613. The van der Waals surface area contributed by atoms with Gasteiger partial charge in [0.25, 0.3) is 0 Å². The second-order valence-electron chi connectivity index (χ2n) is 6.73. The Morgan fingerprint density at radius 1 is 1.36 bits per heavy atom. The Hall–Kier alpha value is -1.79. The molecule has 1 aromatic carbocycles. The van der Waals surface area contributed by atoms with E-state index >= 15 is 0 Å². The quantitative estimate of drug-likeness (QED) is 0.793. The number of aromatic nitrogens is 1. The van der Waals surface area contributed by atoms with E-state index in [1.165, 1.54) is 36.6 Å². The lowest BCUT2D eigenvalue weighted by molar-refractivity contribution is 0.192. The average Bonchev–Trinajstić information content (AvgIpc) is 3.13. The molecule has 3 heteroatoms. The fourth-order valence-electron chi connectivity index (χ4n) is 4.39. The van der Waals surface area contributed by atoms with Gasteiger partial charge in [-0.25, -0.2) is 4.85 Å². The van der Waals surface area contributed by atoms with Crippen LogP contribution in [0.25, 0.3) is 15.7 Å². The van der Waals surface area contributed by atoms with E-state index in [9.17, 15) is 0 Å². The van der Waals surface area contributed by atoms with Crippen molar-refractivity contribution in [2.45, 2.75) is 44.6 Å². The SMILES string of the molecule is [C-]#[N+]c1ccc2[nH]cc([C@H]3CCC[C@@H]3C(CC)N(C)C)c2c1. The lowest BCUT2D eigenvalue weighted by Gasteiger charge is -2.33. The first-order valence-corrected chi connectivity index (χ1v) is 8.30. The molecule has 0 bridgehead atoms. The van der Waals surface area contributed by atoms with Crippen LogP contribution < -0.4 is 0 Å². The molecule has 3 atom stereocenters. The molecule has 1 heterocycles. The Kier molecular flexibility index (Phi) is 4.22. The van der Waals surface area contributed by atoms with Crippen molar-refractivity contribution in [1.82, 2.24) is 9.88 Å². The second kappa shape index (κ2) is 6.14. The molecule has 1 aliphatic rings. The van der Waals surface area contributed by atoms with Crippen molar-refractivity contribution in [2.24, 2.45) is 5.92 Å². The third-order valence-electron chi connectivity index (χ3n) is 5.37. The van der Waals surface area contributed by atoms with Gasteiger partial charge in [-0.3, -0.25) is 0 Å². The number of H-pyrrole nitrogens is 1. The Balaban J connectivity index is 2.01. The van der Waals surface area contributed by atoms with E-state index in [1.807, 2.05) is 12.1 Å². The molecule has 1 saturated carbocycles. The van der Waals surface area contributed by atoms with Crippen molar-refractivity contribution in [3.63, 3.8) is 0 Å². The van der Waals surface area contributed by atoms with Crippen molar-refractivity contribution >= 4 is 16.6 Å². The molecular formula is C19H25N3. The summed E-state index contributed by atoms with van der Waals surface area (Å²) in [5.41, 5.74) is 3.32. The summed E-state index contributed by atoms with van der Waals surface area (Å²) in [7, 11) is 4.41. The summed E-state index contributed by atoms with van der Waals surface area (Å²) < 4.78 is 0. The Morgan fingerprint density at radius 2 is 2.18 bits per heavy atom. The summed E-state index contributed by atoms with van der Waals surface area (Å²) in [6, 6.07) is 6.64. The Labute approximate surface area is 133 Å². The van der Waals surface area contributed by atoms with E-state index in [-0.39, 0.29) is 0 Å². The van der Waals surface area contributed by atoms with Gasteiger partial charge in [-0.05, 0) is 68.3 Å². The number of hydrogen-bond donors (Lipinski definition) is 1. The molecule has 0 saturated heterocycles. The van der Waals surface area contributed by atoms with Gasteiger partial charge in [0.05, 0.1) is 6.57 Å². The van der Waals surface area contributed by atoms with Crippen LogP contribution in [0.5, 0.6) is 0 Å². The van der Waals surface area contributed by atoms with Gasteiger partial charge in [0.1, 0.15) is 0 Å². The Morgan fingerprint density at radius 3 is 2.86 bits per heavy atom. The van der Waals surface area contributed by atoms with Crippen LogP contribution in [0, 0.1) is 12.5 Å². The van der Waals surface area contributed by atoms with Crippen LogP contribution in [0.3, 0.4) is 0 Å². The van der Waals surface area contributed by atoms with Crippen molar-refractivity contribution in [3.05, 3.63) is 41.4 Å². The van der Waals surface area contributed by atoms with E-state index in [4.69, 9.17) is 6.57 Å². The highest BCUT2D eigenvalue weighted by atomic mass is 15.1. The molecule has 1 fully saturated rings. The molecule has 1 aromatic heterocycles. The number of nitrogens with zero attached hydrogens (tertiary/aromatic N) is 2.